The third kappa shape index (κ3) is 23.8. The van der Waals surface area contributed by atoms with Crippen molar-refractivity contribution in [2.75, 3.05) is 0 Å². The third-order valence-corrected chi connectivity index (χ3v) is 0.699. The van der Waals surface area contributed by atoms with Crippen LogP contribution in [0, 0.1) is 6.58 Å². The summed E-state index contributed by atoms with van der Waals surface area (Å²) in [5.74, 6) is -1.80. The van der Waals surface area contributed by atoms with Gasteiger partial charge in [-0.25, -0.2) is 0 Å². The number of hydrogen-bond donors (Lipinski definition) is 0. The summed E-state index contributed by atoms with van der Waals surface area (Å²) < 4.78 is 34.2. The van der Waals surface area contributed by atoms with Crippen LogP contribution in [-0.2, 0) is 4.79 Å². The molecule has 0 fully saturated rings. The Hall–Kier alpha value is 0.186. The van der Waals surface area contributed by atoms with Crippen molar-refractivity contribution in [3.63, 3.8) is 0 Å². The van der Waals surface area contributed by atoms with Crippen LogP contribution >= 0.6 is 0 Å². The number of ketones is 1. The van der Waals surface area contributed by atoms with Crippen LogP contribution in [0.3, 0.4) is 0 Å². The largest absolute Gasteiger partial charge is 2.00 e. The maximum absolute atomic E-state index is 11.4. The van der Waals surface area contributed by atoms with Gasteiger partial charge in [0.15, 0.2) is 0 Å². The fraction of sp³-hybridized carbons (Fsp3) is 0.500. The first-order chi connectivity index (χ1) is 6.07. The van der Waals surface area contributed by atoms with Crippen LogP contribution in [0.1, 0.15) is 27.7 Å². The number of allylic oxidation sites excluding steroid dienone is 3. The molecule has 0 amide bonds. The molecule has 0 aliphatic carbocycles. The van der Waals surface area contributed by atoms with Crippen LogP contribution in [0.25, 0.3) is 0 Å². The summed E-state index contributed by atoms with van der Waals surface area (Å²) in [6.45, 7) is 11.6. The fourth-order valence-electron chi connectivity index (χ4n) is 0.344. The van der Waals surface area contributed by atoms with Crippen molar-refractivity contribution in [1.29, 1.82) is 0 Å². The maximum atomic E-state index is 11.4. The van der Waals surface area contributed by atoms with Gasteiger partial charge < -0.3 is 23.6 Å². The van der Waals surface area contributed by atoms with Gasteiger partial charge in [-0.05, 0) is 19.9 Å². The summed E-state index contributed by atoms with van der Waals surface area (Å²) >= 11 is 0. The molecule has 0 saturated heterocycles. The average Bonchev–Trinajstić information content (AvgIpc) is 1.81. The molecule has 0 aliphatic rings. The van der Waals surface area contributed by atoms with Gasteiger partial charge in [0.1, 0.15) is 0 Å². The van der Waals surface area contributed by atoms with Crippen molar-refractivity contribution in [1.82, 2.24) is 0 Å². The summed E-state index contributed by atoms with van der Waals surface area (Å²) in [5, 5.41) is 0. The first kappa shape index (κ1) is 25.1. The van der Waals surface area contributed by atoms with E-state index >= 15 is 0 Å². The molecule has 0 bridgehead atoms. The van der Waals surface area contributed by atoms with E-state index in [2.05, 4.69) is 0 Å². The minimum atomic E-state index is -4.72. The van der Waals surface area contributed by atoms with E-state index in [1.165, 1.54) is 13.8 Å². The first-order valence-corrected chi connectivity index (χ1v) is 3.89. The van der Waals surface area contributed by atoms with E-state index in [1.807, 2.05) is 13.8 Å². The van der Waals surface area contributed by atoms with Gasteiger partial charge in [-0.2, -0.15) is 13.2 Å². The Balaban J connectivity index is -0.000000105. The topological polar surface area (TPSA) is 17.1 Å². The van der Waals surface area contributed by atoms with E-state index in [4.69, 9.17) is 6.58 Å². The van der Waals surface area contributed by atoms with Gasteiger partial charge in [0, 0.05) is 0 Å². The number of carbonyl (C=O) groups excluding carboxylic acids is 1. The molecular weight excluding hydrogens is 297 g/mol. The second kappa shape index (κ2) is 11.7. The summed E-state index contributed by atoms with van der Waals surface area (Å²) in [4.78, 5) is 10.1. The molecule has 0 radical (unpaired) electrons. The summed E-state index contributed by atoms with van der Waals surface area (Å²) in [6, 6.07) is 0. The second-order valence-corrected chi connectivity index (χ2v) is 3.16. The normalized spacial score (nSPS) is 8.44. The van der Waals surface area contributed by atoms with Gasteiger partial charge >= 0.3 is 29.2 Å². The Kier molecular flexibility index (Phi) is 18.3. The molecule has 1 nitrogen and oxygen atoms in total. The summed E-state index contributed by atoms with van der Waals surface area (Å²) in [6.07, 6.45) is -4.16. The zero-order chi connectivity index (χ0) is 11.9. The quantitative estimate of drug-likeness (QED) is 0.381. The summed E-state index contributed by atoms with van der Waals surface area (Å²) in [7, 11) is 0. The Morgan fingerprint density at radius 1 is 1.12 bits per heavy atom. The molecule has 0 saturated carbocycles. The smallest absolute Gasteiger partial charge is 1.00 e. The predicted octanol–water partition coefficient (Wildman–Crippen LogP) is 0.0928. The first-order valence-electron chi connectivity index (χ1n) is 3.89. The Morgan fingerprint density at radius 3 is 1.44 bits per heavy atom. The number of rotatable bonds is 1. The van der Waals surface area contributed by atoms with Crippen molar-refractivity contribution in [2.45, 2.75) is 33.9 Å². The minimum absolute atomic E-state index is 0. The molecule has 6 heteroatoms. The van der Waals surface area contributed by atoms with Crippen LogP contribution in [0.4, 0.5) is 13.2 Å². The second-order valence-electron chi connectivity index (χ2n) is 3.16. The SMILES string of the molecule is CC(C)=CC(=O)C(F)(F)F.[Br-].[CH-]=C(C)C.[Mg+2]. The predicted molar refractivity (Wildman–Crippen MR) is 55.4 cm³/mol. The van der Waals surface area contributed by atoms with Gasteiger partial charge in [-0.1, -0.05) is 19.4 Å². The van der Waals surface area contributed by atoms with Crippen LogP contribution in [-0.4, -0.2) is 35.0 Å². The standard InChI is InChI=1S/C6H7F3O.C4H7.BrH.Mg/c1-4(2)3-5(10)6(7,8)9;1-4(2)3;;/h3H,1-2H3;1H,2-3H3;1H;/q;-1;;+2/p-1. The van der Waals surface area contributed by atoms with Crippen molar-refractivity contribution in [3.8, 4) is 0 Å². The molecule has 0 aromatic rings. The molecule has 0 heterocycles. The monoisotopic (exact) mass is 310 g/mol. The van der Waals surface area contributed by atoms with E-state index in [-0.39, 0.29) is 40.0 Å². The Bertz CT molecular complexity index is 239. The van der Waals surface area contributed by atoms with Gasteiger partial charge in [0.05, 0.1) is 0 Å². The van der Waals surface area contributed by atoms with Crippen LogP contribution in [0.5, 0.6) is 0 Å². The van der Waals surface area contributed by atoms with Gasteiger partial charge in [-0.15, -0.1) is 0 Å². The molecule has 16 heavy (non-hydrogen) atoms. The van der Waals surface area contributed by atoms with Gasteiger partial charge in [0.25, 0.3) is 5.78 Å². The van der Waals surface area contributed by atoms with Crippen molar-refractivity contribution in [2.24, 2.45) is 0 Å². The van der Waals surface area contributed by atoms with Crippen LogP contribution in [0.15, 0.2) is 17.2 Å². The molecule has 0 aliphatic heterocycles. The molecule has 0 spiro atoms. The van der Waals surface area contributed by atoms with Gasteiger partial charge in [0.2, 0.25) is 0 Å². The van der Waals surface area contributed by atoms with E-state index in [9.17, 15) is 18.0 Å². The number of halogens is 4. The van der Waals surface area contributed by atoms with Crippen molar-refractivity contribution >= 4 is 28.8 Å². The Labute approximate surface area is 121 Å². The summed E-state index contributed by atoms with van der Waals surface area (Å²) in [5.41, 5.74) is 1.27. The molecule has 0 unspecified atom stereocenters. The number of hydrogen-bond acceptors (Lipinski definition) is 1. The molecule has 90 valence electrons. The van der Waals surface area contributed by atoms with Crippen LogP contribution in [0.2, 0.25) is 0 Å². The Morgan fingerprint density at radius 2 is 1.38 bits per heavy atom. The van der Waals surface area contributed by atoms with E-state index in [0.717, 1.165) is 5.57 Å². The molecule has 0 atom stereocenters. The fourth-order valence-corrected chi connectivity index (χ4v) is 0.344. The van der Waals surface area contributed by atoms with E-state index in [1.54, 1.807) is 0 Å². The van der Waals surface area contributed by atoms with Gasteiger partial charge in [-0.3, -0.25) is 10.4 Å². The van der Waals surface area contributed by atoms with E-state index < -0.39 is 12.0 Å². The van der Waals surface area contributed by atoms with Crippen LogP contribution < -0.4 is 17.0 Å². The zero-order valence-corrected chi connectivity index (χ0v) is 12.8. The number of alkyl halides is 3. The van der Waals surface area contributed by atoms with Crippen molar-refractivity contribution < 1.29 is 34.9 Å². The molecule has 0 aromatic heterocycles. The molecule has 0 N–H and O–H groups in total. The number of carbonyl (C=O) groups is 1. The minimum Gasteiger partial charge on any atom is -1.00 e. The molecule has 0 aromatic carbocycles. The average molecular weight is 311 g/mol. The molecular formula is C10H14BrF3MgO. The maximum Gasteiger partial charge on any atom is 2.00 e. The third-order valence-electron chi connectivity index (χ3n) is 0.699. The molecule has 0 rings (SSSR count). The van der Waals surface area contributed by atoms with Crippen molar-refractivity contribution in [3.05, 3.63) is 23.8 Å². The zero-order valence-electron chi connectivity index (χ0n) is 9.78. The van der Waals surface area contributed by atoms with E-state index in [0.29, 0.717) is 11.6 Å².